The van der Waals surface area contributed by atoms with Crippen LogP contribution in [0.4, 0.5) is 0 Å². The molecule has 0 saturated heterocycles. The summed E-state index contributed by atoms with van der Waals surface area (Å²) in [6.45, 7) is 7.86. The number of fused-ring (bicyclic) bond motifs is 3. The zero-order valence-corrected chi connectivity index (χ0v) is 35.5. The Bertz CT molecular complexity index is 3020. The number of pyridine rings is 3. The summed E-state index contributed by atoms with van der Waals surface area (Å²) in [5.74, 6) is -2.05. The molecule has 4 heterocycles. The van der Waals surface area contributed by atoms with Crippen molar-refractivity contribution in [2.75, 3.05) is 0 Å². The van der Waals surface area contributed by atoms with Crippen molar-refractivity contribution in [2.45, 2.75) is 80.3 Å². The Balaban J connectivity index is 0.000000367. The van der Waals surface area contributed by atoms with Crippen LogP contribution < -0.4 is 0 Å². The normalized spacial score (nSPS) is 15.1. The molecule has 0 saturated carbocycles. The summed E-state index contributed by atoms with van der Waals surface area (Å²) in [4.78, 5) is 13.7. The second-order valence-corrected chi connectivity index (χ2v) is 15.2. The summed E-state index contributed by atoms with van der Waals surface area (Å²) in [6.07, 6.45) is 0.750. The van der Waals surface area contributed by atoms with Gasteiger partial charge < -0.3 is 14.4 Å². The summed E-state index contributed by atoms with van der Waals surface area (Å²) < 4.78 is 88.9. The van der Waals surface area contributed by atoms with Crippen LogP contribution in [0.1, 0.15) is 102 Å². The van der Waals surface area contributed by atoms with Crippen molar-refractivity contribution in [3.63, 3.8) is 0 Å². The molecular formula is C52H51IrN3O-2. The van der Waals surface area contributed by atoms with E-state index in [0.29, 0.717) is 33.8 Å². The van der Waals surface area contributed by atoms with E-state index in [-0.39, 0.29) is 36.8 Å². The summed E-state index contributed by atoms with van der Waals surface area (Å²) in [5, 5.41) is 1.47. The quantitative estimate of drug-likeness (QED) is 0.149. The van der Waals surface area contributed by atoms with Gasteiger partial charge in [-0.25, -0.2) is 4.98 Å². The number of hydrogen-bond acceptors (Lipinski definition) is 4. The van der Waals surface area contributed by atoms with Gasteiger partial charge in [0.2, 0.25) is 5.71 Å². The number of furan rings is 1. The molecule has 1 radical (unpaired) electrons. The average molecular weight is 936 g/mol. The molecule has 4 aromatic heterocycles. The van der Waals surface area contributed by atoms with Crippen LogP contribution in [0.5, 0.6) is 0 Å². The van der Waals surface area contributed by atoms with E-state index in [0.717, 1.165) is 44.3 Å². The minimum Gasteiger partial charge on any atom is -0.486 e. The van der Waals surface area contributed by atoms with Crippen LogP contribution in [0.25, 0.3) is 67.0 Å². The maximum atomic E-state index is 9.29. The number of benzene rings is 4. The molecule has 4 nitrogen and oxygen atoms in total. The summed E-state index contributed by atoms with van der Waals surface area (Å²) in [6, 6.07) is 39.7. The zero-order chi connectivity index (χ0) is 48.2. The molecule has 8 rings (SSSR count). The predicted molar refractivity (Wildman–Crippen MR) is 234 cm³/mol. The third kappa shape index (κ3) is 9.17. The first kappa shape index (κ1) is 29.9. The van der Waals surface area contributed by atoms with E-state index in [9.17, 15) is 1.37 Å². The Morgan fingerprint density at radius 2 is 1.53 bits per heavy atom. The third-order valence-electron chi connectivity index (χ3n) is 9.30. The Kier molecular flexibility index (Phi) is 9.20. The zero-order valence-electron chi connectivity index (χ0n) is 43.1. The Hall–Kier alpha value is -5.22. The first-order valence-corrected chi connectivity index (χ1v) is 18.6. The number of aromatic nitrogens is 3. The van der Waals surface area contributed by atoms with Gasteiger partial charge in [0.25, 0.3) is 0 Å². The number of aryl methyl sites for hydroxylation is 2. The molecule has 57 heavy (non-hydrogen) atoms. The molecule has 0 N–H and O–H groups in total. The molecule has 0 aliphatic heterocycles. The molecule has 0 bridgehead atoms. The van der Waals surface area contributed by atoms with E-state index in [2.05, 4.69) is 22.1 Å². The monoisotopic (exact) mass is 936 g/mol. The molecule has 0 atom stereocenters. The molecule has 0 aliphatic carbocycles. The Morgan fingerprint density at radius 1 is 0.754 bits per heavy atom. The largest absolute Gasteiger partial charge is 0.486 e. The molecule has 0 spiro atoms. The Labute approximate surface area is 366 Å². The van der Waals surface area contributed by atoms with Crippen LogP contribution in [0.15, 0.2) is 126 Å². The van der Waals surface area contributed by atoms with E-state index in [4.69, 9.17) is 21.7 Å². The van der Waals surface area contributed by atoms with Crippen molar-refractivity contribution in [3.8, 4) is 44.9 Å². The van der Waals surface area contributed by atoms with Crippen molar-refractivity contribution in [1.82, 2.24) is 15.0 Å². The van der Waals surface area contributed by atoms with E-state index < -0.39 is 37.3 Å². The maximum Gasteiger partial charge on any atom is 0.216 e. The van der Waals surface area contributed by atoms with Gasteiger partial charge in [0.05, 0.1) is 11.3 Å². The molecule has 0 aliphatic rings. The summed E-state index contributed by atoms with van der Waals surface area (Å²) >= 11 is 0. The molecule has 0 unspecified atom stereocenters. The maximum absolute atomic E-state index is 9.29. The fourth-order valence-electron chi connectivity index (χ4n) is 6.82. The van der Waals surface area contributed by atoms with Gasteiger partial charge in [-0.3, -0.25) is 0 Å². The van der Waals surface area contributed by atoms with Crippen molar-refractivity contribution in [2.24, 2.45) is 5.41 Å². The smallest absolute Gasteiger partial charge is 0.216 e. The average Bonchev–Trinajstić information content (AvgIpc) is 3.63. The van der Waals surface area contributed by atoms with Gasteiger partial charge in [-0.1, -0.05) is 126 Å². The third-order valence-corrected chi connectivity index (χ3v) is 9.30. The summed E-state index contributed by atoms with van der Waals surface area (Å²) in [5.41, 5.74) is 7.01. The topological polar surface area (TPSA) is 51.8 Å². The van der Waals surface area contributed by atoms with Crippen molar-refractivity contribution < 1.29 is 38.2 Å². The summed E-state index contributed by atoms with van der Waals surface area (Å²) in [7, 11) is 0. The van der Waals surface area contributed by atoms with E-state index in [1.165, 1.54) is 18.5 Å². The van der Waals surface area contributed by atoms with Crippen molar-refractivity contribution >= 4 is 22.1 Å². The van der Waals surface area contributed by atoms with Gasteiger partial charge in [0.15, 0.2) is 0 Å². The van der Waals surface area contributed by atoms with E-state index in [1.54, 1.807) is 45.0 Å². The van der Waals surface area contributed by atoms with Gasteiger partial charge in [-0.05, 0) is 94.2 Å². The van der Waals surface area contributed by atoms with Crippen molar-refractivity contribution in [1.29, 1.82) is 0 Å². The molecule has 4 aromatic carbocycles. The van der Waals surface area contributed by atoms with Gasteiger partial charge in [-0.15, -0.1) is 54.1 Å². The van der Waals surface area contributed by atoms with Crippen LogP contribution in [-0.4, -0.2) is 15.0 Å². The second-order valence-electron chi connectivity index (χ2n) is 15.2. The minimum atomic E-state index is -2.59. The van der Waals surface area contributed by atoms with E-state index >= 15 is 0 Å². The number of nitrogens with zero attached hydrogens (tertiary/aromatic N) is 3. The molecule has 0 amide bonds. The van der Waals surface area contributed by atoms with Gasteiger partial charge >= 0.3 is 0 Å². The van der Waals surface area contributed by atoms with Crippen LogP contribution in [-0.2, 0) is 26.5 Å². The second kappa shape index (κ2) is 17.5. The fraction of sp³-hybridized carbons (Fsp3) is 0.250. The SMILES string of the molecule is [2H]C([2H])([2H])c1cc(-c2[c-]ccc3c2oc2nc(-c4c(C([2H])(C)C)ccc(-c5ccccc5)c4C([2H])(C)C)ccc23)ncc1C([2H])([2H])C(C)(C)C.[2H]C([2H])([2H])c1ccc(-c2[c-]cccc2)nc1.[Ir]. The van der Waals surface area contributed by atoms with Gasteiger partial charge in [0, 0.05) is 57.2 Å². The van der Waals surface area contributed by atoms with Crippen LogP contribution in [0, 0.1) is 31.3 Å². The Morgan fingerprint density at radius 3 is 2.19 bits per heavy atom. The number of hydrogen-bond donors (Lipinski definition) is 0. The van der Waals surface area contributed by atoms with E-state index in [1.807, 2.05) is 107 Å². The molecule has 0 fully saturated rings. The van der Waals surface area contributed by atoms with Gasteiger partial charge in [-0.2, -0.15) is 0 Å². The molecule has 291 valence electrons. The fourth-order valence-corrected chi connectivity index (χ4v) is 6.82. The first-order valence-electron chi connectivity index (χ1n) is 23.6. The molecule has 5 heteroatoms. The molecular weight excluding hydrogens is 875 g/mol. The first-order chi connectivity index (χ1) is 30.7. The van der Waals surface area contributed by atoms with Crippen LogP contribution in [0.2, 0.25) is 0 Å². The van der Waals surface area contributed by atoms with Gasteiger partial charge in [0.1, 0.15) is 0 Å². The number of rotatable bonds is 7. The molecule has 8 aromatic rings. The van der Waals surface area contributed by atoms with Crippen LogP contribution >= 0.6 is 0 Å². The predicted octanol–water partition coefficient (Wildman–Crippen LogP) is 14.2. The van der Waals surface area contributed by atoms with Crippen LogP contribution in [0.3, 0.4) is 0 Å². The van der Waals surface area contributed by atoms with Crippen molar-refractivity contribution in [3.05, 3.63) is 162 Å². The standard InChI is InChI=1S/C40H41N2O.C12H10N.Ir/c1-24(2)29-17-18-30(27-13-10-9-11-14-27)36(25(3)4)37(29)34-20-19-32-31-15-12-16-33(38(31)43-39(32)42-34)35-21-26(5)28(23-41-35)22-40(6,7)8;1-10-7-8-12(13-9-10)11-5-3-2-4-6-11;/h9-15,17-21,23-25H,22H2,1-8H3;2-5,7-9H,1H3;/q2*-1;/i5D3,22D2,24D,25D;1D3;. The minimum absolute atomic E-state index is 0.